The Bertz CT molecular complexity index is 883. The zero-order valence-electron chi connectivity index (χ0n) is 12.7. The Balaban J connectivity index is 1.96. The molecular formula is C19H15N3O2. The van der Waals surface area contributed by atoms with Crippen molar-refractivity contribution in [3.05, 3.63) is 101 Å². The molecule has 0 aromatic heterocycles. The fraction of sp³-hybridized carbons (Fsp3) is 0. The summed E-state index contributed by atoms with van der Waals surface area (Å²) in [5.74, 6) is 0. The molecule has 2 aliphatic rings. The predicted molar refractivity (Wildman–Crippen MR) is 91.9 cm³/mol. The number of allylic oxidation sites excluding steroid dienone is 1. The van der Waals surface area contributed by atoms with E-state index in [0.29, 0.717) is 17.1 Å². The number of hydroxylamine groups is 2. The maximum Gasteiger partial charge on any atom is 0.323 e. The van der Waals surface area contributed by atoms with Crippen LogP contribution in [-0.2, 0) is 0 Å². The quantitative estimate of drug-likeness (QED) is 0.742. The molecule has 2 aliphatic heterocycles. The van der Waals surface area contributed by atoms with Crippen molar-refractivity contribution in [2.45, 2.75) is 0 Å². The highest BCUT2D eigenvalue weighted by Crippen LogP contribution is 2.29. The Morgan fingerprint density at radius 1 is 0.792 bits per heavy atom. The Labute approximate surface area is 139 Å². The largest absolute Gasteiger partial charge is 0.624 e. The van der Waals surface area contributed by atoms with Crippen molar-refractivity contribution in [2.24, 2.45) is 0 Å². The zero-order chi connectivity index (χ0) is 16.5. The molecule has 0 saturated carbocycles. The smallest absolute Gasteiger partial charge is 0.323 e. The van der Waals surface area contributed by atoms with E-state index in [4.69, 9.17) is 0 Å². The number of nitrogens with one attached hydrogen (secondary N) is 3. The van der Waals surface area contributed by atoms with Gasteiger partial charge >= 0.3 is 6.03 Å². The lowest BCUT2D eigenvalue weighted by Crippen LogP contribution is -3.00. The Hall–Kier alpha value is -3.15. The van der Waals surface area contributed by atoms with E-state index in [1.54, 1.807) is 12.3 Å². The Kier molecular flexibility index (Phi) is 3.49. The van der Waals surface area contributed by atoms with Crippen molar-refractivity contribution < 1.29 is 9.86 Å². The third kappa shape index (κ3) is 2.42. The van der Waals surface area contributed by atoms with Gasteiger partial charge in [-0.3, -0.25) is 0 Å². The molecule has 2 heterocycles. The third-order valence-electron chi connectivity index (χ3n) is 4.04. The van der Waals surface area contributed by atoms with Crippen LogP contribution in [0.3, 0.4) is 0 Å². The molecule has 2 amide bonds. The molecule has 0 bridgehead atoms. The number of quaternary nitrogens is 1. The van der Waals surface area contributed by atoms with Gasteiger partial charge in [-0.15, -0.1) is 0 Å². The number of rotatable bonds is 2. The molecule has 0 saturated heterocycles. The van der Waals surface area contributed by atoms with Gasteiger partial charge < -0.3 is 20.9 Å². The second-order valence-corrected chi connectivity index (χ2v) is 5.55. The van der Waals surface area contributed by atoms with Gasteiger partial charge in [0, 0.05) is 17.2 Å². The standard InChI is InChI=1S/C19H15N3O2/c23-19-20-16(13-7-3-1-4-8-13)15-11-12-22(24)18(17(15)21-19)14-9-5-2-6-10-14/h1-12,22H,(H2,20,21,23). The van der Waals surface area contributed by atoms with Crippen LogP contribution < -0.4 is 15.7 Å². The highest BCUT2D eigenvalue weighted by Gasteiger charge is 2.30. The molecule has 4 rings (SSSR count). The maximum absolute atomic E-state index is 12.5. The number of hydrogen-bond donors (Lipinski definition) is 3. The summed E-state index contributed by atoms with van der Waals surface area (Å²) < 4.78 is 0. The number of urea groups is 1. The van der Waals surface area contributed by atoms with Gasteiger partial charge in [0.05, 0.1) is 5.70 Å². The van der Waals surface area contributed by atoms with Gasteiger partial charge in [0.15, 0.2) is 5.70 Å². The molecule has 0 fully saturated rings. The lowest BCUT2D eigenvalue weighted by molar-refractivity contribution is -0.707. The topological polar surface area (TPSA) is 68.6 Å². The van der Waals surface area contributed by atoms with Gasteiger partial charge in [0.1, 0.15) is 11.9 Å². The summed E-state index contributed by atoms with van der Waals surface area (Å²) in [4.78, 5) is 12.2. The van der Waals surface area contributed by atoms with Gasteiger partial charge in [-0.1, -0.05) is 48.5 Å². The molecule has 2 aromatic carbocycles. The first-order valence-electron chi connectivity index (χ1n) is 7.64. The van der Waals surface area contributed by atoms with Crippen LogP contribution >= 0.6 is 0 Å². The second kappa shape index (κ2) is 5.81. The average Bonchev–Trinajstić information content (AvgIpc) is 2.62. The summed E-state index contributed by atoms with van der Waals surface area (Å²) in [6.07, 6.45) is 3.29. The monoisotopic (exact) mass is 317 g/mol. The van der Waals surface area contributed by atoms with E-state index in [0.717, 1.165) is 16.7 Å². The van der Waals surface area contributed by atoms with E-state index in [9.17, 15) is 10.0 Å². The van der Waals surface area contributed by atoms with Gasteiger partial charge in [-0.2, -0.15) is 0 Å². The van der Waals surface area contributed by atoms with E-state index < -0.39 is 0 Å². The lowest BCUT2D eigenvalue weighted by atomic mass is 9.96. The molecule has 2 aromatic rings. The number of hydrogen-bond acceptors (Lipinski definition) is 2. The number of carbonyl (C=O) groups is 1. The minimum absolute atomic E-state index is 0.116. The summed E-state index contributed by atoms with van der Waals surface area (Å²) in [6.45, 7) is 0. The van der Waals surface area contributed by atoms with Crippen LogP contribution in [-0.4, -0.2) is 6.03 Å². The first kappa shape index (κ1) is 14.4. The number of amides is 2. The summed E-state index contributed by atoms with van der Waals surface area (Å²) in [5, 5.41) is 18.0. The van der Waals surface area contributed by atoms with Crippen LogP contribution in [0.4, 0.5) is 4.79 Å². The molecule has 118 valence electrons. The number of fused-ring (bicyclic) bond motifs is 1. The molecule has 3 N–H and O–H groups in total. The predicted octanol–water partition coefficient (Wildman–Crippen LogP) is 1.99. The van der Waals surface area contributed by atoms with Crippen LogP contribution in [0.5, 0.6) is 0 Å². The first-order chi connectivity index (χ1) is 11.7. The van der Waals surface area contributed by atoms with Crippen LogP contribution in [0.2, 0.25) is 0 Å². The van der Waals surface area contributed by atoms with Crippen molar-refractivity contribution in [1.82, 2.24) is 10.6 Å². The fourth-order valence-electron chi connectivity index (χ4n) is 2.97. The highest BCUT2D eigenvalue weighted by atomic mass is 16.5. The highest BCUT2D eigenvalue weighted by molar-refractivity contribution is 5.96. The summed E-state index contributed by atoms with van der Waals surface area (Å²) in [6, 6.07) is 18.6. The molecule has 1 unspecified atom stereocenters. The van der Waals surface area contributed by atoms with Crippen LogP contribution in [0.15, 0.2) is 84.2 Å². The molecular weight excluding hydrogens is 302 g/mol. The second-order valence-electron chi connectivity index (χ2n) is 5.55. The maximum atomic E-state index is 12.5. The van der Waals surface area contributed by atoms with E-state index in [1.807, 2.05) is 60.7 Å². The van der Waals surface area contributed by atoms with Gasteiger partial charge in [0.2, 0.25) is 0 Å². The molecule has 0 radical (unpaired) electrons. The van der Waals surface area contributed by atoms with Crippen LogP contribution in [0, 0.1) is 5.21 Å². The Morgan fingerprint density at radius 2 is 1.38 bits per heavy atom. The Morgan fingerprint density at radius 3 is 2.04 bits per heavy atom. The van der Waals surface area contributed by atoms with Crippen molar-refractivity contribution in [3.63, 3.8) is 0 Å². The van der Waals surface area contributed by atoms with Crippen LogP contribution in [0.25, 0.3) is 11.4 Å². The van der Waals surface area contributed by atoms with Gasteiger partial charge in [0.25, 0.3) is 0 Å². The third-order valence-corrected chi connectivity index (χ3v) is 4.04. The number of carbonyl (C=O) groups excluding carboxylic acids is 1. The minimum Gasteiger partial charge on any atom is -0.624 e. The molecule has 1 atom stereocenters. The number of benzene rings is 2. The summed E-state index contributed by atoms with van der Waals surface area (Å²) in [7, 11) is 0. The minimum atomic E-state index is -0.343. The lowest BCUT2D eigenvalue weighted by Gasteiger charge is -2.31. The molecule has 0 spiro atoms. The van der Waals surface area contributed by atoms with Crippen molar-refractivity contribution in [2.75, 3.05) is 0 Å². The molecule has 24 heavy (non-hydrogen) atoms. The van der Waals surface area contributed by atoms with E-state index >= 15 is 0 Å². The van der Waals surface area contributed by atoms with Gasteiger partial charge in [-0.05, 0) is 17.7 Å². The average molecular weight is 317 g/mol. The van der Waals surface area contributed by atoms with Crippen molar-refractivity contribution in [1.29, 1.82) is 0 Å². The normalized spacial score (nSPS) is 19.7. The van der Waals surface area contributed by atoms with Crippen molar-refractivity contribution in [3.8, 4) is 0 Å². The van der Waals surface area contributed by atoms with E-state index in [1.165, 1.54) is 0 Å². The molecule has 5 nitrogen and oxygen atoms in total. The van der Waals surface area contributed by atoms with E-state index in [2.05, 4.69) is 10.6 Å². The SMILES string of the molecule is O=C1NC2=C(c3ccccc3)[NH+]([O-])C=CC2=C(c2ccccc2)N1. The van der Waals surface area contributed by atoms with E-state index in [-0.39, 0.29) is 11.1 Å². The summed E-state index contributed by atoms with van der Waals surface area (Å²) in [5.41, 5.74) is 4.25. The molecule has 0 aliphatic carbocycles. The fourth-order valence-corrected chi connectivity index (χ4v) is 2.97. The van der Waals surface area contributed by atoms with Gasteiger partial charge in [-0.25, -0.2) is 4.79 Å². The first-order valence-corrected chi connectivity index (χ1v) is 7.64. The zero-order valence-corrected chi connectivity index (χ0v) is 12.7. The molecule has 5 heteroatoms. The van der Waals surface area contributed by atoms with Crippen molar-refractivity contribution >= 4 is 17.4 Å². The summed E-state index contributed by atoms with van der Waals surface area (Å²) >= 11 is 0. The van der Waals surface area contributed by atoms with Crippen LogP contribution in [0.1, 0.15) is 11.1 Å².